The first-order chi connectivity index (χ1) is 7.62. The molecule has 1 unspecified atom stereocenters. The van der Waals surface area contributed by atoms with Crippen molar-refractivity contribution < 1.29 is 5.11 Å². The lowest BCUT2D eigenvalue weighted by molar-refractivity contribution is 0.0417. The van der Waals surface area contributed by atoms with Crippen LogP contribution in [0.4, 0.5) is 0 Å². The Bertz CT molecular complexity index is 333. The van der Waals surface area contributed by atoms with Crippen LogP contribution in [0.5, 0.6) is 0 Å². The third-order valence-electron chi connectivity index (χ3n) is 3.50. The number of aliphatic hydroxyl groups is 1. The number of aryl methyl sites for hydroxylation is 1. The van der Waals surface area contributed by atoms with Crippen molar-refractivity contribution in [2.24, 2.45) is 5.92 Å². The Labute approximate surface area is 98.5 Å². The zero-order valence-corrected chi connectivity index (χ0v) is 10.4. The summed E-state index contributed by atoms with van der Waals surface area (Å²) in [7, 11) is 0. The Morgan fingerprint density at radius 3 is 2.38 bits per heavy atom. The third kappa shape index (κ3) is 2.85. The Hall–Kier alpha value is -0.820. The van der Waals surface area contributed by atoms with Gasteiger partial charge in [0.1, 0.15) is 0 Å². The fourth-order valence-corrected chi connectivity index (χ4v) is 2.32. The molecule has 1 aliphatic rings. The molecule has 0 amide bonds. The fourth-order valence-electron chi connectivity index (χ4n) is 2.32. The Morgan fingerprint density at radius 1 is 1.25 bits per heavy atom. The maximum Gasteiger partial charge on any atom is 0.0871 e. The predicted molar refractivity (Wildman–Crippen MR) is 67.3 cm³/mol. The molecule has 1 aliphatic carbocycles. The molecule has 0 aliphatic heterocycles. The zero-order chi connectivity index (χ0) is 11.6. The van der Waals surface area contributed by atoms with Gasteiger partial charge in [0.15, 0.2) is 0 Å². The van der Waals surface area contributed by atoms with Gasteiger partial charge in [-0.25, -0.2) is 0 Å². The molecular formula is C15H22O. The average molecular weight is 218 g/mol. The summed E-state index contributed by atoms with van der Waals surface area (Å²) in [6.45, 7) is 4.14. The fraction of sp³-hybridized carbons (Fsp3) is 0.600. The van der Waals surface area contributed by atoms with Gasteiger partial charge in [0.05, 0.1) is 5.60 Å². The minimum Gasteiger partial charge on any atom is -0.385 e. The monoisotopic (exact) mass is 218 g/mol. The van der Waals surface area contributed by atoms with Gasteiger partial charge in [0.2, 0.25) is 0 Å². The third-order valence-corrected chi connectivity index (χ3v) is 3.50. The Kier molecular flexibility index (Phi) is 3.34. The largest absolute Gasteiger partial charge is 0.385 e. The van der Waals surface area contributed by atoms with Gasteiger partial charge in [0, 0.05) is 0 Å². The summed E-state index contributed by atoms with van der Waals surface area (Å²) in [4.78, 5) is 0. The summed E-state index contributed by atoms with van der Waals surface area (Å²) in [6.07, 6.45) is 5.82. The van der Waals surface area contributed by atoms with E-state index in [4.69, 9.17) is 0 Å². The van der Waals surface area contributed by atoms with Gasteiger partial charge < -0.3 is 5.11 Å². The number of hydrogen-bond donors (Lipinski definition) is 1. The van der Waals surface area contributed by atoms with E-state index in [1.54, 1.807) is 0 Å². The first-order valence-corrected chi connectivity index (χ1v) is 6.43. The smallest absolute Gasteiger partial charge is 0.0871 e. The summed E-state index contributed by atoms with van der Waals surface area (Å²) in [6, 6.07) is 8.49. The van der Waals surface area contributed by atoms with Crippen LogP contribution in [0.25, 0.3) is 0 Å². The predicted octanol–water partition coefficient (Wildman–Crippen LogP) is 3.65. The highest BCUT2D eigenvalue weighted by Crippen LogP contribution is 2.40. The first kappa shape index (κ1) is 11.7. The van der Waals surface area contributed by atoms with Crippen LogP contribution >= 0.6 is 0 Å². The van der Waals surface area contributed by atoms with Crippen LogP contribution in [-0.2, 0) is 12.0 Å². The van der Waals surface area contributed by atoms with Crippen molar-refractivity contribution in [3.8, 4) is 0 Å². The molecule has 1 heteroatoms. The second kappa shape index (κ2) is 4.58. The molecule has 0 aromatic heterocycles. The molecule has 0 saturated heterocycles. The van der Waals surface area contributed by atoms with Crippen LogP contribution in [0.1, 0.15) is 50.7 Å². The lowest BCUT2D eigenvalue weighted by Gasteiger charge is -2.24. The molecule has 1 saturated carbocycles. The quantitative estimate of drug-likeness (QED) is 0.800. The molecule has 1 atom stereocenters. The molecule has 1 aromatic carbocycles. The number of rotatable bonds is 5. The van der Waals surface area contributed by atoms with Gasteiger partial charge in [-0.2, -0.15) is 0 Å². The molecule has 0 heterocycles. The summed E-state index contributed by atoms with van der Waals surface area (Å²) >= 11 is 0. The minimum absolute atomic E-state index is 0.633. The van der Waals surface area contributed by atoms with Crippen molar-refractivity contribution in [2.75, 3.05) is 0 Å². The van der Waals surface area contributed by atoms with E-state index in [2.05, 4.69) is 31.2 Å². The van der Waals surface area contributed by atoms with Crippen molar-refractivity contribution in [3.05, 3.63) is 35.4 Å². The molecule has 0 spiro atoms. The van der Waals surface area contributed by atoms with Gasteiger partial charge >= 0.3 is 0 Å². The molecule has 1 fully saturated rings. The van der Waals surface area contributed by atoms with Crippen molar-refractivity contribution in [3.63, 3.8) is 0 Å². The van der Waals surface area contributed by atoms with Gasteiger partial charge in [-0.15, -0.1) is 0 Å². The second-order valence-electron chi connectivity index (χ2n) is 5.37. The molecule has 1 nitrogen and oxygen atoms in total. The van der Waals surface area contributed by atoms with E-state index in [0.29, 0.717) is 0 Å². The van der Waals surface area contributed by atoms with Crippen molar-refractivity contribution in [2.45, 2.75) is 51.6 Å². The van der Waals surface area contributed by atoms with Gasteiger partial charge in [0.25, 0.3) is 0 Å². The van der Waals surface area contributed by atoms with Crippen molar-refractivity contribution in [1.29, 1.82) is 0 Å². The van der Waals surface area contributed by atoms with Crippen molar-refractivity contribution in [1.82, 2.24) is 0 Å². The normalized spacial score (nSPS) is 19.4. The Balaban J connectivity index is 2.06. The molecule has 2 rings (SSSR count). The molecule has 0 bridgehead atoms. The molecule has 1 aromatic rings. The van der Waals surface area contributed by atoms with E-state index >= 15 is 0 Å². The first-order valence-electron chi connectivity index (χ1n) is 6.43. The van der Waals surface area contributed by atoms with Crippen LogP contribution in [-0.4, -0.2) is 5.11 Å². The van der Waals surface area contributed by atoms with Crippen LogP contribution in [0, 0.1) is 5.92 Å². The second-order valence-corrected chi connectivity index (χ2v) is 5.37. The molecule has 16 heavy (non-hydrogen) atoms. The highest BCUT2D eigenvalue weighted by atomic mass is 16.3. The maximum absolute atomic E-state index is 10.4. The zero-order valence-electron chi connectivity index (χ0n) is 10.4. The van der Waals surface area contributed by atoms with Crippen LogP contribution in [0.2, 0.25) is 0 Å². The van der Waals surface area contributed by atoms with E-state index in [9.17, 15) is 5.11 Å². The van der Waals surface area contributed by atoms with Crippen LogP contribution in [0.3, 0.4) is 0 Å². The molecular weight excluding hydrogens is 196 g/mol. The summed E-state index contributed by atoms with van der Waals surface area (Å²) in [5.74, 6) is 0.755. The summed E-state index contributed by atoms with van der Waals surface area (Å²) in [5, 5.41) is 10.4. The lowest BCUT2D eigenvalue weighted by atomic mass is 9.89. The van der Waals surface area contributed by atoms with E-state index in [1.807, 2.05) is 6.92 Å². The van der Waals surface area contributed by atoms with Crippen LogP contribution < -0.4 is 0 Å². The Morgan fingerprint density at radius 2 is 1.88 bits per heavy atom. The van der Waals surface area contributed by atoms with Crippen molar-refractivity contribution >= 4 is 0 Å². The molecule has 1 N–H and O–H groups in total. The lowest BCUT2D eigenvalue weighted by Crippen LogP contribution is -2.21. The van der Waals surface area contributed by atoms with E-state index < -0.39 is 5.60 Å². The maximum atomic E-state index is 10.4. The molecule has 88 valence electrons. The van der Waals surface area contributed by atoms with E-state index in [0.717, 1.165) is 24.3 Å². The number of hydrogen-bond acceptors (Lipinski definition) is 1. The summed E-state index contributed by atoms with van der Waals surface area (Å²) < 4.78 is 0. The van der Waals surface area contributed by atoms with E-state index in [-0.39, 0.29) is 0 Å². The van der Waals surface area contributed by atoms with E-state index in [1.165, 1.54) is 24.8 Å². The number of benzene rings is 1. The topological polar surface area (TPSA) is 20.2 Å². The van der Waals surface area contributed by atoms with Gasteiger partial charge in [-0.1, -0.05) is 50.5 Å². The standard InChI is InChI=1S/C15H22O/c1-3-4-12-7-9-14(10-8-12)15(2,16)11-13-5-6-13/h7-10,13,16H,3-6,11H2,1-2H3. The highest BCUT2D eigenvalue weighted by Gasteiger charge is 2.32. The van der Waals surface area contributed by atoms with Crippen LogP contribution in [0.15, 0.2) is 24.3 Å². The van der Waals surface area contributed by atoms with Gasteiger partial charge in [-0.3, -0.25) is 0 Å². The summed E-state index contributed by atoms with van der Waals surface area (Å²) in [5.41, 5.74) is 1.80. The minimum atomic E-state index is -0.633. The van der Waals surface area contributed by atoms with Gasteiger partial charge in [-0.05, 0) is 36.8 Å². The SMILES string of the molecule is CCCc1ccc(C(C)(O)CC2CC2)cc1. The highest BCUT2D eigenvalue weighted by molar-refractivity contribution is 5.27. The molecule has 0 radical (unpaired) electrons. The average Bonchev–Trinajstić information content (AvgIpc) is 3.02.